The van der Waals surface area contributed by atoms with Crippen LogP contribution in [-0.2, 0) is 18.3 Å². The van der Waals surface area contributed by atoms with Gasteiger partial charge in [-0.25, -0.2) is 13.6 Å². The fourth-order valence-corrected chi connectivity index (χ4v) is 1.53. The van der Waals surface area contributed by atoms with Crippen LogP contribution in [0.2, 0.25) is 0 Å². The molecule has 0 unspecified atom stereocenters. The van der Waals surface area contributed by atoms with Gasteiger partial charge in [0.05, 0.1) is 18.8 Å². The third kappa shape index (κ3) is 7.03. The number of carbonyl (C=O) groups is 1. The molecular formula is C13H22F2N4O2. The van der Waals surface area contributed by atoms with Crippen molar-refractivity contribution < 1.29 is 18.3 Å². The molecular weight excluding hydrogens is 282 g/mol. The first-order chi connectivity index (χ1) is 9.59. The topological polar surface area (TPSA) is 68.2 Å². The summed E-state index contributed by atoms with van der Waals surface area (Å²) in [5.74, 6) is -3.06. The molecule has 0 aromatic carbocycles. The molecule has 1 heterocycles. The van der Waals surface area contributed by atoms with Crippen LogP contribution < -0.4 is 10.6 Å². The van der Waals surface area contributed by atoms with E-state index in [0.29, 0.717) is 0 Å². The number of ether oxygens (including phenoxy) is 1. The Labute approximate surface area is 122 Å². The molecule has 1 aromatic heterocycles. The Morgan fingerprint density at radius 3 is 2.57 bits per heavy atom. The zero-order valence-electron chi connectivity index (χ0n) is 12.7. The molecule has 0 bridgehead atoms. The van der Waals surface area contributed by atoms with E-state index >= 15 is 0 Å². The molecule has 0 spiro atoms. The zero-order valence-corrected chi connectivity index (χ0v) is 12.7. The van der Waals surface area contributed by atoms with Gasteiger partial charge in [0.25, 0.3) is 5.92 Å². The van der Waals surface area contributed by atoms with Crippen LogP contribution in [-0.4, -0.2) is 40.5 Å². The van der Waals surface area contributed by atoms with E-state index in [1.54, 1.807) is 44.8 Å². The summed E-state index contributed by atoms with van der Waals surface area (Å²) in [5, 5.41) is 8.64. The smallest absolute Gasteiger partial charge is 0.407 e. The van der Waals surface area contributed by atoms with E-state index in [-0.39, 0.29) is 6.54 Å². The van der Waals surface area contributed by atoms with Gasteiger partial charge < -0.3 is 15.4 Å². The van der Waals surface area contributed by atoms with Crippen molar-refractivity contribution >= 4 is 6.09 Å². The van der Waals surface area contributed by atoms with Crippen molar-refractivity contribution in [2.24, 2.45) is 7.05 Å². The number of alkyl carbamates (subject to hydrolysis) is 1. The number of rotatable bonds is 6. The summed E-state index contributed by atoms with van der Waals surface area (Å²) >= 11 is 0. The number of halogens is 2. The second-order valence-electron chi connectivity index (χ2n) is 5.76. The van der Waals surface area contributed by atoms with E-state index in [2.05, 4.69) is 15.7 Å². The average molecular weight is 304 g/mol. The van der Waals surface area contributed by atoms with Crippen molar-refractivity contribution in [2.75, 3.05) is 13.1 Å². The second-order valence-corrected chi connectivity index (χ2v) is 5.76. The predicted molar refractivity (Wildman–Crippen MR) is 74.1 cm³/mol. The van der Waals surface area contributed by atoms with Crippen molar-refractivity contribution in [3.8, 4) is 0 Å². The highest BCUT2D eigenvalue weighted by Crippen LogP contribution is 2.12. The van der Waals surface area contributed by atoms with Crippen molar-refractivity contribution in [1.82, 2.24) is 20.4 Å². The number of nitrogens with one attached hydrogen (secondary N) is 2. The van der Waals surface area contributed by atoms with Crippen LogP contribution in [0.3, 0.4) is 0 Å². The Hall–Kier alpha value is -1.70. The Balaban J connectivity index is 2.30. The molecule has 0 aliphatic carbocycles. The van der Waals surface area contributed by atoms with Crippen LogP contribution >= 0.6 is 0 Å². The van der Waals surface area contributed by atoms with E-state index < -0.39 is 30.7 Å². The first-order valence-corrected chi connectivity index (χ1v) is 6.61. The molecule has 0 aliphatic rings. The minimum absolute atomic E-state index is 0.276. The lowest BCUT2D eigenvalue weighted by atomic mass is 10.2. The quantitative estimate of drug-likeness (QED) is 0.839. The summed E-state index contributed by atoms with van der Waals surface area (Å²) in [6.45, 7) is 3.95. The predicted octanol–water partition coefficient (Wildman–Crippen LogP) is 1.67. The number of aromatic nitrogens is 2. The molecule has 1 amide bonds. The van der Waals surface area contributed by atoms with Crippen LogP contribution in [0.25, 0.3) is 0 Å². The molecule has 0 atom stereocenters. The lowest BCUT2D eigenvalue weighted by molar-refractivity contribution is -0.00386. The van der Waals surface area contributed by atoms with Gasteiger partial charge in [-0.1, -0.05) is 0 Å². The zero-order chi connectivity index (χ0) is 16.1. The fourth-order valence-electron chi connectivity index (χ4n) is 1.53. The Kier molecular flexibility index (Phi) is 5.65. The number of alkyl halides is 2. The fraction of sp³-hybridized carbons (Fsp3) is 0.692. The monoisotopic (exact) mass is 304 g/mol. The third-order valence-electron chi connectivity index (χ3n) is 2.50. The molecule has 0 radical (unpaired) electrons. The van der Waals surface area contributed by atoms with Crippen LogP contribution in [0.15, 0.2) is 12.3 Å². The first-order valence-electron chi connectivity index (χ1n) is 6.61. The number of nitrogens with zero attached hydrogens (tertiary/aromatic N) is 2. The number of hydrogen-bond acceptors (Lipinski definition) is 4. The lowest BCUT2D eigenvalue weighted by Crippen LogP contribution is -2.44. The molecule has 2 N–H and O–H groups in total. The van der Waals surface area contributed by atoms with Gasteiger partial charge in [0.2, 0.25) is 0 Å². The van der Waals surface area contributed by atoms with Crippen LogP contribution in [0, 0.1) is 0 Å². The Bertz CT molecular complexity index is 469. The molecule has 120 valence electrons. The molecule has 0 saturated carbocycles. The molecule has 0 aliphatic heterocycles. The number of carbonyl (C=O) groups excluding carboxylic acids is 1. The Morgan fingerprint density at radius 1 is 1.38 bits per heavy atom. The summed E-state index contributed by atoms with van der Waals surface area (Å²) in [6.07, 6.45) is 0.743. The van der Waals surface area contributed by atoms with Gasteiger partial charge in [-0.05, 0) is 26.8 Å². The van der Waals surface area contributed by atoms with Crippen LogP contribution in [0.4, 0.5) is 13.6 Å². The van der Waals surface area contributed by atoms with E-state index in [9.17, 15) is 13.6 Å². The summed E-state index contributed by atoms with van der Waals surface area (Å²) in [7, 11) is 1.74. The second kappa shape index (κ2) is 6.84. The molecule has 8 heteroatoms. The van der Waals surface area contributed by atoms with Gasteiger partial charge in [0.1, 0.15) is 5.60 Å². The Morgan fingerprint density at radius 2 is 2.05 bits per heavy atom. The summed E-state index contributed by atoms with van der Waals surface area (Å²) in [5.41, 5.74) is 0.0860. The third-order valence-corrected chi connectivity index (χ3v) is 2.50. The highest BCUT2D eigenvalue weighted by atomic mass is 19.3. The number of hydrogen-bond donors (Lipinski definition) is 2. The minimum atomic E-state index is -3.06. The summed E-state index contributed by atoms with van der Waals surface area (Å²) < 4.78 is 33.7. The maximum atomic E-state index is 13.6. The van der Waals surface area contributed by atoms with Gasteiger partial charge in [0.15, 0.2) is 0 Å². The largest absolute Gasteiger partial charge is 0.444 e. The highest BCUT2D eigenvalue weighted by molar-refractivity contribution is 5.67. The standard InChI is InChI=1S/C13H22F2N4O2/c1-12(2,3)21-11(20)17-9-13(14,15)8-16-7-10-5-6-18-19(10)4/h5-6,16H,7-9H2,1-4H3,(H,17,20). The number of amides is 1. The van der Waals surface area contributed by atoms with Gasteiger partial charge in [-0.15, -0.1) is 0 Å². The van der Waals surface area contributed by atoms with Gasteiger partial charge in [-0.2, -0.15) is 5.10 Å². The highest BCUT2D eigenvalue weighted by Gasteiger charge is 2.30. The van der Waals surface area contributed by atoms with Crippen molar-refractivity contribution in [3.05, 3.63) is 18.0 Å². The summed E-state index contributed by atoms with van der Waals surface area (Å²) in [6, 6.07) is 1.74. The van der Waals surface area contributed by atoms with Crippen LogP contribution in [0.5, 0.6) is 0 Å². The molecule has 0 fully saturated rings. The maximum absolute atomic E-state index is 13.6. The van der Waals surface area contributed by atoms with Crippen molar-refractivity contribution in [1.29, 1.82) is 0 Å². The van der Waals surface area contributed by atoms with Gasteiger partial charge >= 0.3 is 6.09 Å². The van der Waals surface area contributed by atoms with Gasteiger partial charge in [-0.3, -0.25) is 4.68 Å². The average Bonchev–Trinajstić information content (AvgIpc) is 2.71. The molecule has 21 heavy (non-hydrogen) atoms. The van der Waals surface area contributed by atoms with E-state index in [0.717, 1.165) is 5.69 Å². The molecule has 1 rings (SSSR count). The SMILES string of the molecule is Cn1nccc1CNCC(F)(F)CNC(=O)OC(C)(C)C. The van der Waals surface area contributed by atoms with Crippen LogP contribution in [0.1, 0.15) is 26.5 Å². The van der Waals surface area contributed by atoms with Crippen molar-refractivity contribution in [2.45, 2.75) is 38.8 Å². The molecule has 1 aromatic rings. The minimum Gasteiger partial charge on any atom is -0.444 e. The number of aryl methyl sites for hydroxylation is 1. The van der Waals surface area contributed by atoms with Crippen molar-refractivity contribution in [3.63, 3.8) is 0 Å². The maximum Gasteiger partial charge on any atom is 0.407 e. The van der Waals surface area contributed by atoms with E-state index in [1.807, 2.05) is 0 Å². The normalized spacial score (nSPS) is 12.3. The molecule has 0 saturated heterocycles. The lowest BCUT2D eigenvalue weighted by Gasteiger charge is -2.22. The summed E-state index contributed by atoms with van der Waals surface area (Å²) in [4.78, 5) is 11.3. The molecule has 6 nitrogen and oxygen atoms in total. The first kappa shape index (κ1) is 17.4. The van der Waals surface area contributed by atoms with E-state index in [1.165, 1.54) is 0 Å². The van der Waals surface area contributed by atoms with Gasteiger partial charge in [0, 0.05) is 19.8 Å². The van der Waals surface area contributed by atoms with E-state index in [4.69, 9.17) is 4.74 Å².